The molecule has 0 aliphatic carbocycles. The zero-order chi connectivity index (χ0) is 15.1. The van der Waals surface area contributed by atoms with Gasteiger partial charge in [0.05, 0.1) is 13.2 Å². The van der Waals surface area contributed by atoms with Crippen LogP contribution in [-0.4, -0.2) is 38.3 Å². The largest absolute Gasteiger partial charge is 0.494 e. The first-order valence-corrected chi connectivity index (χ1v) is 7.51. The highest BCUT2D eigenvalue weighted by Crippen LogP contribution is 2.17. The molecule has 0 bridgehead atoms. The lowest BCUT2D eigenvalue weighted by Gasteiger charge is -2.22. The molecule has 0 saturated carbocycles. The van der Waals surface area contributed by atoms with Crippen molar-refractivity contribution in [3.63, 3.8) is 0 Å². The summed E-state index contributed by atoms with van der Waals surface area (Å²) in [5, 5.41) is 5.99. The van der Waals surface area contributed by atoms with Gasteiger partial charge in [0.1, 0.15) is 11.9 Å². The van der Waals surface area contributed by atoms with Crippen LogP contribution in [0.4, 0.5) is 5.69 Å². The smallest absolute Gasteiger partial charge is 0.254 e. The van der Waals surface area contributed by atoms with E-state index in [9.17, 15) is 4.79 Å². The zero-order valence-corrected chi connectivity index (χ0v) is 13.9. The second-order valence-electron chi connectivity index (χ2n) is 5.61. The maximum absolute atomic E-state index is 12.0. The van der Waals surface area contributed by atoms with E-state index in [1.54, 1.807) is 0 Å². The Morgan fingerprint density at radius 3 is 2.73 bits per heavy atom. The van der Waals surface area contributed by atoms with Gasteiger partial charge in [-0.1, -0.05) is 13.8 Å². The number of amides is 1. The van der Waals surface area contributed by atoms with Gasteiger partial charge in [-0.05, 0) is 36.6 Å². The molecule has 1 unspecified atom stereocenters. The fraction of sp³-hybridized carbons (Fsp3) is 0.562. The molecular formula is C16H25ClN2O3. The lowest BCUT2D eigenvalue weighted by Crippen LogP contribution is -2.45. The van der Waals surface area contributed by atoms with Gasteiger partial charge in [0, 0.05) is 18.8 Å². The molecule has 1 atom stereocenters. The number of carbonyl (C=O) groups excluding carboxylic acids is 1. The molecule has 6 heteroatoms. The standard InChI is InChI=1S/C16H24N2O3.ClH/c1-12(2)7-9-20-14-5-3-13(4-6-14)18-16(19)15-11-17-8-10-21-15;/h3-6,12,15,17H,7-11H2,1-2H3,(H,18,19);1H. The molecule has 0 radical (unpaired) electrons. The highest BCUT2D eigenvalue weighted by atomic mass is 35.5. The van der Waals surface area contributed by atoms with Crippen molar-refractivity contribution in [1.29, 1.82) is 0 Å². The number of rotatable bonds is 6. The summed E-state index contributed by atoms with van der Waals surface area (Å²) in [7, 11) is 0. The minimum atomic E-state index is -0.416. The SMILES string of the molecule is CC(C)CCOc1ccc(NC(=O)C2CNCCO2)cc1.Cl. The number of anilines is 1. The number of morpholine rings is 1. The number of ether oxygens (including phenoxy) is 2. The van der Waals surface area contributed by atoms with Crippen molar-refractivity contribution in [1.82, 2.24) is 5.32 Å². The fourth-order valence-corrected chi connectivity index (χ4v) is 2.00. The molecule has 0 spiro atoms. The first-order chi connectivity index (χ1) is 10.1. The van der Waals surface area contributed by atoms with Gasteiger partial charge in [0.2, 0.25) is 0 Å². The van der Waals surface area contributed by atoms with Crippen molar-refractivity contribution in [3.05, 3.63) is 24.3 Å². The highest BCUT2D eigenvalue weighted by molar-refractivity contribution is 5.94. The number of carbonyl (C=O) groups is 1. The Hall–Kier alpha value is -1.30. The van der Waals surface area contributed by atoms with Crippen molar-refractivity contribution >= 4 is 24.0 Å². The molecule has 124 valence electrons. The van der Waals surface area contributed by atoms with E-state index in [0.717, 1.165) is 24.4 Å². The number of halogens is 1. The van der Waals surface area contributed by atoms with Crippen molar-refractivity contribution in [2.24, 2.45) is 5.92 Å². The molecule has 2 rings (SSSR count). The van der Waals surface area contributed by atoms with E-state index >= 15 is 0 Å². The molecular weight excluding hydrogens is 304 g/mol. The molecule has 5 nitrogen and oxygen atoms in total. The van der Waals surface area contributed by atoms with Crippen LogP contribution in [0.1, 0.15) is 20.3 Å². The average molecular weight is 329 g/mol. The van der Waals surface area contributed by atoms with Gasteiger partial charge in [-0.25, -0.2) is 0 Å². The first kappa shape index (κ1) is 18.7. The van der Waals surface area contributed by atoms with E-state index in [-0.39, 0.29) is 18.3 Å². The van der Waals surface area contributed by atoms with Crippen molar-refractivity contribution < 1.29 is 14.3 Å². The van der Waals surface area contributed by atoms with E-state index < -0.39 is 6.10 Å². The molecule has 1 aromatic rings. The first-order valence-electron chi connectivity index (χ1n) is 7.51. The lowest BCUT2D eigenvalue weighted by atomic mass is 10.1. The summed E-state index contributed by atoms with van der Waals surface area (Å²) in [5.41, 5.74) is 0.755. The van der Waals surface area contributed by atoms with Crippen LogP contribution in [0.25, 0.3) is 0 Å². The van der Waals surface area contributed by atoms with E-state index in [1.165, 1.54) is 0 Å². The Labute approximate surface area is 138 Å². The van der Waals surface area contributed by atoms with Crippen LogP contribution in [0.2, 0.25) is 0 Å². The fourth-order valence-electron chi connectivity index (χ4n) is 2.00. The van der Waals surface area contributed by atoms with E-state index in [0.29, 0.717) is 25.7 Å². The number of benzene rings is 1. The van der Waals surface area contributed by atoms with Gasteiger partial charge >= 0.3 is 0 Å². The van der Waals surface area contributed by atoms with Crippen molar-refractivity contribution in [2.45, 2.75) is 26.4 Å². The topological polar surface area (TPSA) is 59.6 Å². The Morgan fingerprint density at radius 1 is 1.41 bits per heavy atom. The van der Waals surface area contributed by atoms with Gasteiger partial charge in [0.15, 0.2) is 0 Å². The van der Waals surface area contributed by atoms with Crippen LogP contribution in [-0.2, 0) is 9.53 Å². The number of hydrogen-bond acceptors (Lipinski definition) is 4. The second-order valence-corrected chi connectivity index (χ2v) is 5.61. The molecule has 2 N–H and O–H groups in total. The normalized spacial score (nSPS) is 17.7. The molecule has 1 aliphatic heterocycles. The van der Waals surface area contributed by atoms with Crippen LogP contribution in [0.15, 0.2) is 24.3 Å². The summed E-state index contributed by atoms with van der Waals surface area (Å²) in [4.78, 5) is 12.0. The zero-order valence-electron chi connectivity index (χ0n) is 13.1. The van der Waals surface area contributed by atoms with Crippen LogP contribution < -0.4 is 15.4 Å². The summed E-state index contributed by atoms with van der Waals surface area (Å²) in [6.45, 7) is 6.98. The van der Waals surface area contributed by atoms with Crippen LogP contribution >= 0.6 is 12.4 Å². The van der Waals surface area contributed by atoms with Crippen LogP contribution in [0, 0.1) is 5.92 Å². The lowest BCUT2D eigenvalue weighted by molar-refractivity contribution is -0.128. The summed E-state index contributed by atoms with van der Waals surface area (Å²) in [5.74, 6) is 1.34. The van der Waals surface area contributed by atoms with Gasteiger partial charge in [0.25, 0.3) is 5.91 Å². The second kappa shape index (κ2) is 9.66. The van der Waals surface area contributed by atoms with E-state index in [1.807, 2.05) is 24.3 Å². The Balaban J connectivity index is 0.00000242. The van der Waals surface area contributed by atoms with Gasteiger partial charge in [-0.2, -0.15) is 0 Å². The summed E-state index contributed by atoms with van der Waals surface area (Å²) in [6, 6.07) is 7.43. The third kappa shape index (κ3) is 6.22. The number of nitrogens with one attached hydrogen (secondary N) is 2. The monoisotopic (exact) mass is 328 g/mol. The highest BCUT2D eigenvalue weighted by Gasteiger charge is 2.21. The van der Waals surface area contributed by atoms with E-state index in [2.05, 4.69) is 24.5 Å². The molecule has 1 aromatic carbocycles. The van der Waals surface area contributed by atoms with Crippen LogP contribution in [0.3, 0.4) is 0 Å². The van der Waals surface area contributed by atoms with E-state index in [4.69, 9.17) is 9.47 Å². The summed E-state index contributed by atoms with van der Waals surface area (Å²) < 4.78 is 11.1. The molecule has 1 amide bonds. The average Bonchev–Trinajstić information content (AvgIpc) is 2.49. The molecule has 0 aromatic heterocycles. The predicted octanol–water partition coefficient (Wildman–Crippen LogP) is 2.46. The quantitative estimate of drug-likeness (QED) is 0.842. The summed E-state index contributed by atoms with van der Waals surface area (Å²) >= 11 is 0. The van der Waals surface area contributed by atoms with Crippen molar-refractivity contribution in [3.8, 4) is 5.75 Å². The third-order valence-corrected chi connectivity index (χ3v) is 3.31. The molecule has 1 saturated heterocycles. The maximum atomic E-state index is 12.0. The molecule has 1 aliphatic rings. The summed E-state index contributed by atoms with van der Waals surface area (Å²) in [6.07, 6.45) is 0.616. The maximum Gasteiger partial charge on any atom is 0.254 e. The minimum absolute atomic E-state index is 0. The van der Waals surface area contributed by atoms with Gasteiger partial charge in [-0.15, -0.1) is 12.4 Å². The molecule has 22 heavy (non-hydrogen) atoms. The third-order valence-electron chi connectivity index (χ3n) is 3.31. The van der Waals surface area contributed by atoms with Gasteiger partial charge < -0.3 is 20.1 Å². The van der Waals surface area contributed by atoms with Gasteiger partial charge in [-0.3, -0.25) is 4.79 Å². The predicted molar refractivity (Wildman–Crippen MR) is 89.9 cm³/mol. The minimum Gasteiger partial charge on any atom is -0.494 e. The Morgan fingerprint density at radius 2 is 2.14 bits per heavy atom. The van der Waals surface area contributed by atoms with Crippen LogP contribution in [0.5, 0.6) is 5.75 Å². The molecule has 1 fully saturated rings. The number of hydrogen-bond donors (Lipinski definition) is 2. The molecule has 1 heterocycles. The Bertz CT molecular complexity index is 445. The Kier molecular flexibility index (Phi) is 8.24. The van der Waals surface area contributed by atoms with Crippen molar-refractivity contribution in [2.75, 3.05) is 31.6 Å².